The van der Waals surface area contributed by atoms with E-state index in [0.29, 0.717) is 23.2 Å². The van der Waals surface area contributed by atoms with Gasteiger partial charge in [0, 0.05) is 23.9 Å². The molecule has 0 radical (unpaired) electrons. The van der Waals surface area contributed by atoms with Crippen LogP contribution < -0.4 is 5.32 Å². The van der Waals surface area contributed by atoms with Crippen LogP contribution in [-0.4, -0.2) is 22.2 Å². The van der Waals surface area contributed by atoms with E-state index in [1.807, 2.05) is 6.07 Å². The van der Waals surface area contributed by atoms with Crippen LogP contribution in [0.5, 0.6) is 0 Å². The highest BCUT2D eigenvalue weighted by molar-refractivity contribution is 5.55. The van der Waals surface area contributed by atoms with E-state index >= 15 is 0 Å². The number of nitro benzene ring substituents is 1. The summed E-state index contributed by atoms with van der Waals surface area (Å²) < 4.78 is 0. The number of hydrogen-bond acceptors (Lipinski definition) is 4. The first kappa shape index (κ1) is 15.8. The highest BCUT2D eigenvalue weighted by Gasteiger charge is 2.36. The Labute approximate surface area is 125 Å². The van der Waals surface area contributed by atoms with Gasteiger partial charge in [-0.05, 0) is 44.1 Å². The molecule has 2 N–H and O–H groups in total. The fourth-order valence-electron chi connectivity index (χ4n) is 2.75. The van der Waals surface area contributed by atoms with Gasteiger partial charge in [0.05, 0.1) is 10.5 Å². The molecule has 116 valence electrons. The Kier molecular flexibility index (Phi) is 4.23. The maximum atomic E-state index is 10.9. The van der Waals surface area contributed by atoms with Crippen molar-refractivity contribution in [1.82, 2.24) is 0 Å². The van der Waals surface area contributed by atoms with Crippen molar-refractivity contribution in [3.8, 4) is 0 Å². The second-order valence-corrected chi connectivity index (χ2v) is 7.00. The molecule has 1 aliphatic rings. The lowest BCUT2D eigenvalue weighted by atomic mass is 9.71. The molecule has 2 rings (SSSR count). The van der Waals surface area contributed by atoms with Crippen LogP contribution in [0.4, 0.5) is 11.4 Å². The molecule has 5 heteroatoms. The monoisotopic (exact) mass is 292 g/mol. The maximum Gasteiger partial charge on any atom is 0.274 e. The minimum atomic E-state index is -0.713. The summed E-state index contributed by atoms with van der Waals surface area (Å²) in [5.74, 6) is 0. The predicted octanol–water partition coefficient (Wildman–Crippen LogP) is 3.65. The van der Waals surface area contributed by atoms with Crippen LogP contribution in [0.2, 0.25) is 0 Å². The molecule has 0 bridgehead atoms. The van der Waals surface area contributed by atoms with Crippen LogP contribution in [0, 0.1) is 22.5 Å². The van der Waals surface area contributed by atoms with Gasteiger partial charge in [-0.1, -0.05) is 19.9 Å². The van der Waals surface area contributed by atoms with Gasteiger partial charge in [0.25, 0.3) is 5.69 Å². The van der Waals surface area contributed by atoms with Crippen LogP contribution in [-0.2, 0) is 0 Å². The van der Waals surface area contributed by atoms with Gasteiger partial charge in [-0.15, -0.1) is 0 Å². The molecule has 21 heavy (non-hydrogen) atoms. The number of nitrogens with one attached hydrogen (secondary N) is 1. The molecule has 0 spiro atoms. The summed E-state index contributed by atoms with van der Waals surface area (Å²) >= 11 is 0. The molecule has 1 aliphatic carbocycles. The zero-order chi connectivity index (χ0) is 15.7. The van der Waals surface area contributed by atoms with Crippen molar-refractivity contribution in [2.45, 2.75) is 52.1 Å². The zero-order valence-corrected chi connectivity index (χ0v) is 13.0. The lowest BCUT2D eigenvalue weighted by Gasteiger charge is -2.40. The Hall–Kier alpha value is -1.62. The Bertz CT molecular complexity index is 530. The maximum absolute atomic E-state index is 10.9. The van der Waals surface area contributed by atoms with Crippen LogP contribution in [0.1, 0.15) is 45.1 Å². The third-order valence-corrected chi connectivity index (χ3v) is 4.56. The summed E-state index contributed by atoms with van der Waals surface area (Å²) in [6.07, 6.45) is 3.53. The zero-order valence-electron chi connectivity index (χ0n) is 13.0. The molecule has 0 atom stereocenters. The van der Waals surface area contributed by atoms with Crippen LogP contribution >= 0.6 is 0 Å². The largest absolute Gasteiger partial charge is 0.388 e. The summed E-state index contributed by atoms with van der Waals surface area (Å²) in [4.78, 5) is 10.6. The van der Waals surface area contributed by atoms with Crippen molar-refractivity contribution >= 4 is 11.4 Å². The van der Waals surface area contributed by atoms with Gasteiger partial charge in [-0.2, -0.15) is 0 Å². The molecule has 0 heterocycles. The highest BCUT2D eigenvalue weighted by atomic mass is 16.6. The van der Waals surface area contributed by atoms with Crippen LogP contribution in [0.3, 0.4) is 0 Å². The van der Waals surface area contributed by atoms with Crippen molar-refractivity contribution in [3.63, 3.8) is 0 Å². The number of anilines is 1. The minimum Gasteiger partial charge on any atom is -0.388 e. The summed E-state index contributed by atoms with van der Waals surface area (Å²) in [6, 6.07) is 5.08. The molecule has 1 fully saturated rings. The average Bonchev–Trinajstić information content (AvgIpc) is 2.42. The third-order valence-electron chi connectivity index (χ3n) is 4.56. The van der Waals surface area contributed by atoms with Gasteiger partial charge >= 0.3 is 0 Å². The molecule has 0 aliphatic heterocycles. The number of aliphatic hydroxyl groups is 1. The smallest absolute Gasteiger partial charge is 0.274 e. The van der Waals surface area contributed by atoms with E-state index in [-0.39, 0.29) is 10.6 Å². The Morgan fingerprint density at radius 3 is 2.48 bits per heavy atom. The normalized spacial score (nSPS) is 20.0. The van der Waals surface area contributed by atoms with Crippen LogP contribution in [0.15, 0.2) is 18.2 Å². The second kappa shape index (κ2) is 5.64. The van der Waals surface area contributed by atoms with Gasteiger partial charge in [-0.3, -0.25) is 10.1 Å². The molecule has 0 unspecified atom stereocenters. The standard InChI is InChI=1S/C16H24N2O3/c1-12-4-5-13(10-14(12)18(20)21)17-11-16(19)8-6-15(2,3)7-9-16/h4-5,10,17,19H,6-9,11H2,1-3H3. The third kappa shape index (κ3) is 3.94. The summed E-state index contributed by atoms with van der Waals surface area (Å²) in [7, 11) is 0. The fourth-order valence-corrected chi connectivity index (χ4v) is 2.75. The van der Waals surface area contributed by atoms with E-state index in [2.05, 4.69) is 19.2 Å². The molecule has 0 aromatic heterocycles. The molecule has 1 aromatic rings. The molecule has 5 nitrogen and oxygen atoms in total. The number of nitrogens with zero attached hydrogens (tertiary/aromatic N) is 1. The van der Waals surface area contributed by atoms with Gasteiger partial charge in [0.1, 0.15) is 0 Å². The number of hydrogen-bond donors (Lipinski definition) is 2. The van der Waals surface area contributed by atoms with E-state index in [1.54, 1.807) is 13.0 Å². The van der Waals surface area contributed by atoms with E-state index in [1.165, 1.54) is 6.07 Å². The average molecular weight is 292 g/mol. The van der Waals surface area contributed by atoms with Crippen molar-refractivity contribution in [1.29, 1.82) is 0 Å². The SMILES string of the molecule is Cc1ccc(NCC2(O)CCC(C)(C)CC2)cc1[N+](=O)[O-]. The minimum absolute atomic E-state index is 0.108. The first-order valence-corrected chi connectivity index (χ1v) is 7.42. The Morgan fingerprint density at radius 2 is 1.90 bits per heavy atom. The van der Waals surface area contributed by atoms with E-state index in [0.717, 1.165) is 25.7 Å². The summed E-state index contributed by atoms with van der Waals surface area (Å²) in [6.45, 7) is 6.61. The van der Waals surface area contributed by atoms with E-state index < -0.39 is 5.60 Å². The highest BCUT2D eigenvalue weighted by Crippen LogP contribution is 2.40. The first-order valence-electron chi connectivity index (χ1n) is 7.42. The van der Waals surface area contributed by atoms with Crippen molar-refractivity contribution < 1.29 is 10.0 Å². The molecule has 1 saturated carbocycles. The van der Waals surface area contributed by atoms with E-state index in [4.69, 9.17) is 0 Å². The summed E-state index contributed by atoms with van der Waals surface area (Å²) in [5, 5.41) is 24.7. The van der Waals surface area contributed by atoms with Crippen molar-refractivity contribution in [2.24, 2.45) is 5.41 Å². The van der Waals surface area contributed by atoms with E-state index in [9.17, 15) is 15.2 Å². The Balaban J connectivity index is 2.00. The number of rotatable bonds is 4. The predicted molar refractivity (Wildman–Crippen MR) is 83.5 cm³/mol. The topological polar surface area (TPSA) is 75.4 Å². The fraction of sp³-hybridized carbons (Fsp3) is 0.625. The molecule has 1 aromatic carbocycles. The lowest BCUT2D eigenvalue weighted by molar-refractivity contribution is -0.385. The van der Waals surface area contributed by atoms with Gasteiger partial charge in [0.15, 0.2) is 0 Å². The lowest BCUT2D eigenvalue weighted by Crippen LogP contribution is -2.42. The molecule has 0 saturated heterocycles. The second-order valence-electron chi connectivity index (χ2n) is 7.00. The molecule has 0 amide bonds. The number of aryl methyl sites for hydroxylation is 1. The van der Waals surface area contributed by atoms with Crippen molar-refractivity contribution in [3.05, 3.63) is 33.9 Å². The first-order chi connectivity index (χ1) is 9.71. The quantitative estimate of drug-likeness (QED) is 0.656. The Morgan fingerprint density at radius 1 is 1.29 bits per heavy atom. The summed E-state index contributed by atoms with van der Waals surface area (Å²) in [5.41, 5.74) is 1.02. The van der Waals surface area contributed by atoms with Gasteiger partial charge in [-0.25, -0.2) is 0 Å². The number of benzene rings is 1. The van der Waals surface area contributed by atoms with Gasteiger partial charge in [0.2, 0.25) is 0 Å². The van der Waals surface area contributed by atoms with Gasteiger partial charge < -0.3 is 10.4 Å². The molecular weight excluding hydrogens is 268 g/mol. The van der Waals surface area contributed by atoms with Crippen molar-refractivity contribution in [2.75, 3.05) is 11.9 Å². The number of nitro groups is 1. The molecular formula is C16H24N2O3. The van der Waals surface area contributed by atoms with Crippen LogP contribution in [0.25, 0.3) is 0 Å².